The first kappa shape index (κ1) is 29.9. The van der Waals surface area contributed by atoms with Crippen LogP contribution in [0.1, 0.15) is 32.6 Å². The molecule has 4 atom stereocenters. The number of carboxylic acid groups (broad SMARTS) is 2. The van der Waals surface area contributed by atoms with Gasteiger partial charge in [-0.15, -0.1) is 0 Å². The van der Waals surface area contributed by atoms with Crippen LogP contribution >= 0.6 is 11.8 Å². The molecular weight excluding hydrogens is 458 g/mol. The molecule has 33 heavy (non-hydrogen) atoms. The summed E-state index contributed by atoms with van der Waals surface area (Å²) in [6.07, 6.45) is 1.74. The standard InChI is InChI=1S/C18H33N7O7S/c1-9(23-15(29)10(19)8-13(26)27)14(28)24-11(4-3-6-22-18(20)21)16(30)25-12(17(31)32)5-7-33-2/h9-12H,3-8,19H2,1-2H3,(H,23,29)(H,24,28)(H,25,30)(H,26,27)(H,31,32)(H4,20,21,22)/t9-,10-,11-,12-/m0/s1. The lowest BCUT2D eigenvalue weighted by atomic mass is 10.1. The molecule has 0 radical (unpaired) electrons. The Kier molecular flexibility index (Phi) is 14.2. The highest BCUT2D eigenvalue weighted by molar-refractivity contribution is 7.98. The van der Waals surface area contributed by atoms with Crippen LogP contribution in [-0.2, 0) is 24.0 Å². The highest BCUT2D eigenvalue weighted by Gasteiger charge is 2.28. The summed E-state index contributed by atoms with van der Waals surface area (Å²) in [5, 5.41) is 25.2. The van der Waals surface area contributed by atoms with Gasteiger partial charge in [-0.1, -0.05) is 0 Å². The second-order valence-corrected chi connectivity index (χ2v) is 8.11. The second kappa shape index (κ2) is 15.7. The van der Waals surface area contributed by atoms with Crippen molar-refractivity contribution in [2.24, 2.45) is 22.2 Å². The van der Waals surface area contributed by atoms with Crippen LogP contribution in [-0.4, -0.2) is 88.6 Å². The lowest BCUT2D eigenvalue weighted by Gasteiger charge is -2.23. The average molecular weight is 492 g/mol. The zero-order valence-corrected chi connectivity index (χ0v) is 19.4. The third-order valence-corrected chi connectivity index (χ3v) is 4.93. The SMILES string of the molecule is CSCC[C@H](NC(=O)[C@H](CCCN=C(N)N)NC(=O)[C@H](C)NC(=O)[C@@H](N)CC(=O)O)C(=O)O. The minimum absolute atomic E-state index is 0.0857. The van der Waals surface area contributed by atoms with Crippen LogP contribution in [0.25, 0.3) is 0 Å². The highest BCUT2D eigenvalue weighted by Crippen LogP contribution is 2.05. The highest BCUT2D eigenvalue weighted by atomic mass is 32.2. The third-order valence-electron chi connectivity index (χ3n) is 4.29. The lowest BCUT2D eigenvalue weighted by Crippen LogP contribution is -2.56. The summed E-state index contributed by atoms with van der Waals surface area (Å²) in [7, 11) is 0. The number of guanidine groups is 1. The van der Waals surface area contributed by atoms with Crippen LogP contribution in [0.3, 0.4) is 0 Å². The van der Waals surface area contributed by atoms with Gasteiger partial charge in [-0.3, -0.25) is 24.2 Å². The van der Waals surface area contributed by atoms with Crippen molar-refractivity contribution in [2.75, 3.05) is 18.6 Å². The summed E-state index contributed by atoms with van der Waals surface area (Å²) < 4.78 is 0. The summed E-state index contributed by atoms with van der Waals surface area (Å²) in [5.41, 5.74) is 16.0. The molecule has 3 amide bonds. The van der Waals surface area contributed by atoms with E-state index in [1.54, 1.807) is 6.26 Å². The Morgan fingerprint density at radius 3 is 2.06 bits per heavy atom. The van der Waals surface area contributed by atoms with Gasteiger partial charge in [0.15, 0.2) is 5.96 Å². The summed E-state index contributed by atoms with van der Waals surface area (Å²) >= 11 is 1.42. The van der Waals surface area contributed by atoms with E-state index < -0.39 is 60.2 Å². The number of aliphatic imine (C=N–C) groups is 1. The van der Waals surface area contributed by atoms with Crippen molar-refractivity contribution in [1.29, 1.82) is 0 Å². The number of rotatable bonds is 16. The first-order valence-corrected chi connectivity index (χ1v) is 11.4. The Labute approximate surface area is 195 Å². The van der Waals surface area contributed by atoms with Gasteiger partial charge in [0.2, 0.25) is 17.7 Å². The molecule has 15 heteroatoms. The van der Waals surface area contributed by atoms with E-state index in [9.17, 15) is 29.1 Å². The van der Waals surface area contributed by atoms with Gasteiger partial charge >= 0.3 is 11.9 Å². The molecule has 188 valence electrons. The Morgan fingerprint density at radius 1 is 0.939 bits per heavy atom. The Morgan fingerprint density at radius 2 is 1.55 bits per heavy atom. The van der Waals surface area contributed by atoms with Crippen LogP contribution in [0.15, 0.2) is 4.99 Å². The molecular formula is C18H33N7O7S. The van der Waals surface area contributed by atoms with Crippen molar-refractivity contribution in [3.05, 3.63) is 0 Å². The smallest absolute Gasteiger partial charge is 0.326 e. The Bertz CT molecular complexity index is 731. The zero-order valence-electron chi connectivity index (χ0n) is 18.6. The fourth-order valence-corrected chi connectivity index (χ4v) is 2.97. The summed E-state index contributed by atoms with van der Waals surface area (Å²) in [6.45, 7) is 1.50. The van der Waals surface area contributed by atoms with E-state index in [2.05, 4.69) is 20.9 Å². The van der Waals surface area contributed by atoms with E-state index in [-0.39, 0.29) is 25.3 Å². The summed E-state index contributed by atoms with van der Waals surface area (Å²) in [5.74, 6) is -4.45. The summed E-state index contributed by atoms with van der Waals surface area (Å²) in [4.78, 5) is 63.1. The number of carboxylic acids is 2. The zero-order chi connectivity index (χ0) is 25.6. The van der Waals surface area contributed by atoms with Gasteiger partial charge in [0.1, 0.15) is 18.1 Å². The largest absolute Gasteiger partial charge is 0.481 e. The van der Waals surface area contributed by atoms with Crippen molar-refractivity contribution in [3.63, 3.8) is 0 Å². The first-order valence-electron chi connectivity index (χ1n) is 10.0. The maximum Gasteiger partial charge on any atom is 0.326 e. The van der Waals surface area contributed by atoms with Gasteiger partial charge in [0.05, 0.1) is 12.5 Å². The third kappa shape index (κ3) is 13.2. The molecule has 0 aromatic heterocycles. The molecule has 14 nitrogen and oxygen atoms in total. The minimum Gasteiger partial charge on any atom is -0.481 e. The van der Waals surface area contributed by atoms with E-state index in [1.165, 1.54) is 18.7 Å². The quantitative estimate of drug-likeness (QED) is 0.0619. The van der Waals surface area contributed by atoms with E-state index >= 15 is 0 Å². The van der Waals surface area contributed by atoms with Gasteiger partial charge in [-0.05, 0) is 38.2 Å². The van der Waals surface area contributed by atoms with Gasteiger partial charge in [-0.25, -0.2) is 4.79 Å². The molecule has 0 rings (SSSR count). The number of hydrogen-bond acceptors (Lipinski definition) is 8. The molecule has 0 unspecified atom stereocenters. The molecule has 0 fully saturated rings. The number of nitrogens with two attached hydrogens (primary N) is 3. The molecule has 0 heterocycles. The predicted molar refractivity (Wildman–Crippen MR) is 122 cm³/mol. The maximum absolute atomic E-state index is 12.7. The first-order chi connectivity index (χ1) is 15.4. The normalized spacial score (nSPS) is 14.2. The monoisotopic (exact) mass is 491 g/mol. The van der Waals surface area contributed by atoms with Crippen molar-refractivity contribution >= 4 is 47.4 Å². The Balaban J connectivity index is 5.22. The van der Waals surface area contributed by atoms with E-state index in [4.69, 9.17) is 22.3 Å². The van der Waals surface area contributed by atoms with Gasteiger partial charge in [0.25, 0.3) is 0 Å². The maximum atomic E-state index is 12.7. The number of carbonyl (C=O) groups excluding carboxylic acids is 3. The Hall–Kier alpha value is -3.07. The topological polar surface area (TPSA) is 252 Å². The van der Waals surface area contributed by atoms with Crippen molar-refractivity contribution in [2.45, 2.75) is 56.8 Å². The summed E-state index contributed by atoms with van der Waals surface area (Å²) in [6, 6.07) is -4.77. The van der Waals surface area contributed by atoms with Gasteiger partial charge in [0, 0.05) is 6.54 Å². The molecule has 0 aliphatic carbocycles. The van der Waals surface area contributed by atoms with Crippen LogP contribution in [0.2, 0.25) is 0 Å². The number of nitrogens with zero attached hydrogens (tertiary/aromatic N) is 1. The van der Waals surface area contributed by atoms with Crippen molar-refractivity contribution in [1.82, 2.24) is 16.0 Å². The van der Waals surface area contributed by atoms with Crippen LogP contribution in [0.4, 0.5) is 0 Å². The fourth-order valence-electron chi connectivity index (χ4n) is 2.50. The van der Waals surface area contributed by atoms with E-state index in [0.29, 0.717) is 12.2 Å². The molecule has 0 aromatic carbocycles. The molecule has 0 aromatic rings. The van der Waals surface area contributed by atoms with Gasteiger partial charge < -0.3 is 43.4 Å². The van der Waals surface area contributed by atoms with Crippen molar-refractivity contribution in [3.8, 4) is 0 Å². The van der Waals surface area contributed by atoms with E-state index in [1.807, 2.05) is 0 Å². The molecule has 11 N–H and O–H groups in total. The molecule has 0 spiro atoms. The number of thioether (sulfide) groups is 1. The molecule has 0 bridgehead atoms. The van der Waals surface area contributed by atoms with Crippen LogP contribution in [0, 0.1) is 0 Å². The molecule has 0 saturated heterocycles. The fraction of sp³-hybridized carbons (Fsp3) is 0.667. The number of nitrogens with one attached hydrogen (secondary N) is 3. The van der Waals surface area contributed by atoms with Crippen LogP contribution < -0.4 is 33.2 Å². The van der Waals surface area contributed by atoms with Crippen molar-refractivity contribution < 1.29 is 34.2 Å². The van der Waals surface area contributed by atoms with Crippen LogP contribution in [0.5, 0.6) is 0 Å². The number of hydrogen-bond donors (Lipinski definition) is 8. The number of amides is 3. The second-order valence-electron chi connectivity index (χ2n) is 7.13. The lowest BCUT2D eigenvalue weighted by molar-refractivity contribution is -0.142. The minimum atomic E-state index is -1.36. The predicted octanol–water partition coefficient (Wildman–Crippen LogP) is -2.85. The van der Waals surface area contributed by atoms with E-state index in [0.717, 1.165) is 0 Å². The number of aliphatic carboxylic acids is 2. The number of carbonyl (C=O) groups is 5. The van der Waals surface area contributed by atoms with Gasteiger partial charge in [-0.2, -0.15) is 11.8 Å². The molecule has 0 aliphatic rings. The average Bonchev–Trinajstić information content (AvgIpc) is 2.71. The molecule has 0 saturated carbocycles. The molecule has 0 aliphatic heterocycles.